The summed E-state index contributed by atoms with van der Waals surface area (Å²) >= 11 is 1.23. The third-order valence-corrected chi connectivity index (χ3v) is 8.75. The Morgan fingerprint density at radius 3 is 2.70 bits per heavy atom. The fourth-order valence-electron chi connectivity index (χ4n) is 5.02. The maximum atomic E-state index is 13.7. The minimum atomic E-state index is -1.16. The number of aryl methyl sites for hydroxylation is 1. The Morgan fingerprint density at radius 2 is 1.93 bits per heavy atom. The van der Waals surface area contributed by atoms with Crippen LogP contribution >= 0.6 is 20.8 Å². The summed E-state index contributed by atoms with van der Waals surface area (Å²) in [5, 5.41) is 34.7. The van der Waals surface area contributed by atoms with Gasteiger partial charge in [0.15, 0.2) is 25.4 Å². The highest BCUT2D eigenvalue weighted by atomic mass is 32.2. The Kier molecular flexibility index (Phi) is 8.62. The van der Waals surface area contributed by atoms with E-state index >= 15 is 0 Å². The fourth-order valence-corrected chi connectivity index (χ4v) is 6.68. The first-order valence-corrected chi connectivity index (χ1v) is 14.9. The summed E-state index contributed by atoms with van der Waals surface area (Å²) < 4.78 is 19.1. The van der Waals surface area contributed by atoms with Gasteiger partial charge in [-0.2, -0.15) is 4.98 Å². The van der Waals surface area contributed by atoms with Crippen molar-refractivity contribution in [2.24, 2.45) is 0 Å². The molecule has 0 aliphatic carbocycles. The van der Waals surface area contributed by atoms with Crippen LogP contribution in [0.4, 0.5) is 0 Å². The summed E-state index contributed by atoms with van der Waals surface area (Å²) in [7, 11) is -0.313. The number of hydrogen-bond acceptors (Lipinski definition) is 12. The topological polar surface area (TPSA) is 198 Å². The third kappa shape index (κ3) is 5.67. The maximum absolute atomic E-state index is 13.7. The molecule has 2 aromatic carbocycles. The van der Waals surface area contributed by atoms with Crippen molar-refractivity contribution in [3.63, 3.8) is 0 Å². The lowest BCUT2D eigenvalue weighted by molar-refractivity contribution is -0.176. The molecular formula is C28H26N5O9PS. The first-order chi connectivity index (χ1) is 21.4. The summed E-state index contributed by atoms with van der Waals surface area (Å²) in [6, 6.07) is 16.5. The average molecular weight is 640 g/mol. The van der Waals surface area contributed by atoms with Crippen molar-refractivity contribution in [3.8, 4) is 11.3 Å². The molecule has 0 amide bonds. The molecule has 0 bridgehead atoms. The molecule has 0 saturated carbocycles. The summed E-state index contributed by atoms with van der Waals surface area (Å²) in [5.41, 5.74) is 2.36. The summed E-state index contributed by atoms with van der Waals surface area (Å²) in [6.45, 7) is 1.81. The molecule has 4 aromatic heterocycles. The smallest absolute Gasteiger partial charge is 0.336 e. The molecule has 44 heavy (non-hydrogen) atoms. The van der Waals surface area contributed by atoms with Crippen LogP contribution < -0.4 is 11.2 Å². The number of aliphatic hydroxyl groups excluding tert-OH is 2. The lowest BCUT2D eigenvalue weighted by Crippen LogP contribution is -2.44. The van der Waals surface area contributed by atoms with Gasteiger partial charge in [-0.3, -0.25) is 15.3 Å². The maximum Gasteiger partial charge on any atom is 0.336 e. The molecule has 7 rings (SSSR count). The SMILES string of the molecule is Cc1cc(=O)oc2cc(Sc3nc4c(=O)n5cc(-c6ccccc6)[nH]c5nc4n3CC(O)C3OPOCC3O)ccc12.OO. The van der Waals surface area contributed by atoms with Crippen LogP contribution in [-0.2, 0) is 15.6 Å². The highest BCUT2D eigenvalue weighted by Crippen LogP contribution is 2.33. The summed E-state index contributed by atoms with van der Waals surface area (Å²) in [5.74, 6) is 0.310. The van der Waals surface area contributed by atoms with Gasteiger partial charge in [-0.1, -0.05) is 42.1 Å². The van der Waals surface area contributed by atoms with E-state index in [9.17, 15) is 19.8 Å². The van der Waals surface area contributed by atoms with Crippen LogP contribution in [0.1, 0.15) is 5.56 Å². The van der Waals surface area contributed by atoms with E-state index in [1.807, 2.05) is 49.4 Å². The second kappa shape index (κ2) is 12.6. The lowest BCUT2D eigenvalue weighted by atomic mass is 10.1. The standard InChI is InChI=1S/C28H24N5O7PS.H2O2/c1-14-9-22(36)39-21-10-16(7-8-17(14)21)42-28-30-23-25(32(28)12-19(34)24-20(35)13-38-41-40-24)31-27-29-18(11-33(27)26(23)37)15-5-3-2-4-6-15;1-2/h2-11,19-20,24,34-35,41H,12-13H2,1H3,(H,29,31);1-2H. The molecule has 228 valence electrons. The Bertz CT molecular complexity index is 2080. The molecule has 1 aliphatic rings. The number of aliphatic hydroxyl groups is 2. The second-order valence-electron chi connectivity index (χ2n) is 9.94. The first-order valence-electron chi connectivity index (χ1n) is 13.2. The highest BCUT2D eigenvalue weighted by Gasteiger charge is 2.33. The van der Waals surface area contributed by atoms with Crippen LogP contribution in [0.2, 0.25) is 0 Å². The van der Waals surface area contributed by atoms with Crippen molar-refractivity contribution in [2.75, 3.05) is 6.61 Å². The molecule has 1 aliphatic heterocycles. The number of rotatable bonds is 6. The van der Waals surface area contributed by atoms with Crippen molar-refractivity contribution < 1.29 is 34.2 Å². The Labute approximate surface area is 253 Å². The molecular weight excluding hydrogens is 613 g/mol. The predicted octanol–water partition coefficient (Wildman–Crippen LogP) is 3.27. The molecule has 1 fully saturated rings. The zero-order chi connectivity index (χ0) is 31.0. The molecule has 5 heterocycles. The molecule has 4 atom stereocenters. The molecule has 5 N–H and O–H groups in total. The van der Waals surface area contributed by atoms with E-state index < -0.39 is 23.9 Å². The van der Waals surface area contributed by atoms with Crippen LogP contribution in [0.15, 0.2) is 84.9 Å². The van der Waals surface area contributed by atoms with Crippen molar-refractivity contribution in [1.29, 1.82) is 0 Å². The number of hydrogen-bond donors (Lipinski definition) is 5. The van der Waals surface area contributed by atoms with Crippen LogP contribution in [0.25, 0.3) is 39.2 Å². The van der Waals surface area contributed by atoms with Gasteiger partial charge in [-0.15, -0.1) is 0 Å². The largest absolute Gasteiger partial charge is 0.423 e. The Hall–Kier alpha value is -3.92. The molecule has 4 unspecified atom stereocenters. The van der Waals surface area contributed by atoms with Crippen LogP contribution in [0, 0.1) is 6.92 Å². The monoisotopic (exact) mass is 639 g/mol. The minimum Gasteiger partial charge on any atom is -0.423 e. The number of H-pyrrole nitrogens is 1. The molecule has 6 aromatic rings. The number of nitrogens with one attached hydrogen (secondary N) is 1. The van der Waals surface area contributed by atoms with E-state index in [0.29, 0.717) is 27.1 Å². The lowest BCUT2D eigenvalue weighted by Gasteiger charge is -2.31. The van der Waals surface area contributed by atoms with Gasteiger partial charge in [-0.25, -0.2) is 14.2 Å². The zero-order valence-corrected chi connectivity index (χ0v) is 24.8. The molecule has 1 saturated heterocycles. The molecule has 0 radical (unpaired) electrons. The number of imidazole rings is 2. The van der Waals surface area contributed by atoms with Gasteiger partial charge < -0.3 is 33.2 Å². The third-order valence-electron chi connectivity index (χ3n) is 7.11. The summed E-state index contributed by atoms with van der Waals surface area (Å²) in [4.78, 5) is 38.9. The first kappa shape index (κ1) is 30.1. The van der Waals surface area contributed by atoms with Crippen LogP contribution in [-0.4, -0.2) is 69.6 Å². The minimum absolute atomic E-state index is 0.0408. The fraction of sp³-hybridized carbons (Fsp3) is 0.214. The van der Waals surface area contributed by atoms with Crippen LogP contribution in [0.5, 0.6) is 0 Å². The number of benzene rings is 2. The molecule has 14 nitrogen and oxygen atoms in total. The quantitative estimate of drug-likeness (QED) is 0.0773. The number of aromatic amines is 1. The Balaban J connectivity index is 0.00000168. The highest BCUT2D eigenvalue weighted by molar-refractivity contribution is 7.99. The van der Waals surface area contributed by atoms with E-state index in [1.165, 1.54) is 22.2 Å². The van der Waals surface area contributed by atoms with Gasteiger partial charge in [0, 0.05) is 22.5 Å². The summed E-state index contributed by atoms with van der Waals surface area (Å²) in [6.07, 6.45) is -1.40. The van der Waals surface area contributed by atoms with Crippen molar-refractivity contribution in [3.05, 3.63) is 87.1 Å². The predicted molar refractivity (Wildman–Crippen MR) is 162 cm³/mol. The van der Waals surface area contributed by atoms with E-state index in [0.717, 1.165) is 16.5 Å². The van der Waals surface area contributed by atoms with Crippen molar-refractivity contribution in [1.82, 2.24) is 23.9 Å². The number of aromatic nitrogens is 5. The van der Waals surface area contributed by atoms with Gasteiger partial charge in [0.25, 0.3) is 5.56 Å². The zero-order valence-electron chi connectivity index (χ0n) is 22.9. The van der Waals surface area contributed by atoms with Gasteiger partial charge in [0.05, 0.1) is 18.8 Å². The van der Waals surface area contributed by atoms with E-state index in [-0.39, 0.29) is 38.9 Å². The van der Waals surface area contributed by atoms with E-state index in [2.05, 4.69) is 9.97 Å². The molecule has 0 spiro atoms. The normalized spacial score (nSPS) is 18.1. The van der Waals surface area contributed by atoms with Gasteiger partial charge >= 0.3 is 5.63 Å². The van der Waals surface area contributed by atoms with Crippen molar-refractivity contribution in [2.45, 2.75) is 41.8 Å². The second-order valence-corrected chi connectivity index (χ2v) is 11.7. The number of fused-ring (bicyclic) bond motifs is 3. The Morgan fingerprint density at radius 1 is 1.14 bits per heavy atom. The number of nitrogens with zero attached hydrogens (tertiary/aromatic N) is 4. The van der Waals surface area contributed by atoms with Crippen molar-refractivity contribution >= 4 is 48.7 Å². The molecule has 16 heteroatoms. The van der Waals surface area contributed by atoms with Gasteiger partial charge in [-0.05, 0) is 36.2 Å². The van der Waals surface area contributed by atoms with Gasteiger partial charge in [0.2, 0.25) is 5.78 Å². The van der Waals surface area contributed by atoms with E-state index in [1.54, 1.807) is 16.8 Å². The van der Waals surface area contributed by atoms with E-state index in [4.69, 9.17) is 29.0 Å². The van der Waals surface area contributed by atoms with Crippen LogP contribution in [0.3, 0.4) is 0 Å². The average Bonchev–Trinajstić information content (AvgIpc) is 3.61. The van der Waals surface area contributed by atoms with Gasteiger partial charge in [0.1, 0.15) is 23.9 Å².